The molecule has 0 aromatic heterocycles. The number of halogens is 1. The summed E-state index contributed by atoms with van der Waals surface area (Å²) in [4.78, 5) is 0. The van der Waals surface area contributed by atoms with E-state index in [0.717, 1.165) is 28.9 Å². The fraction of sp³-hybridized carbons (Fsp3) is 0.625. The van der Waals surface area contributed by atoms with E-state index in [0.29, 0.717) is 19.3 Å². The van der Waals surface area contributed by atoms with Gasteiger partial charge >= 0.3 is 0 Å². The number of benzene rings is 1. The van der Waals surface area contributed by atoms with Crippen LogP contribution < -0.4 is 5.32 Å². The van der Waals surface area contributed by atoms with Gasteiger partial charge in [0, 0.05) is 16.7 Å². The van der Waals surface area contributed by atoms with Crippen molar-refractivity contribution in [2.75, 3.05) is 18.5 Å². The van der Waals surface area contributed by atoms with Crippen molar-refractivity contribution >= 4 is 21.6 Å². The Labute approximate surface area is 129 Å². The lowest BCUT2D eigenvalue weighted by molar-refractivity contribution is -0.0245. The first-order valence-corrected chi connectivity index (χ1v) is 8.22. The van der Waals surface area contributed by atoms with Crippen LogP contribution in [0.25, 0.3) is 0 Å². The Hall–Kier alpha value is -0.580. The monoisotopic (exact) mass is 341 g/mol. The van der Waals surface area contributed by atoms with Gasteiger partial charge in [0.15, 0.2) is 0 Å². The highest BCUT2D eigenvalue weighted by Crippen LogP contribution is 2.25. The molecule has 0 spiro atoms. The van der Waals surface area contributed by atoms with E-state index in [9.17, 15) is 5.11 Å². The number of anilines is 1. The van der Waals surface area contributed by atoms with Crippen LogP contribution in [0, 0.1) is 5.92 Å². The third kappa shape index (κ3) is 5.08. The molecule has 112 valence electrons. The first-order valence-electron chi connectivity index (χ1n) is 7.43. The van der Waals surface area contributed by atoms with E-state index >= 15 is 0 Å². The van der Waals surface area contributed by atoms with Gasteiger partial charge in [0.2, 0.25) is 0 Å². The minimum absolute atomic E-state index is 0.337. The fourth-order valence-corrected chi connectivity index (χ4v) is 2.96. The Morgan fingerprint density at radius 2 is 2.00 bits per heavy atom. The average molecular weight is 342 g/mol. The summed E-state index contributed by atoms with van der Waals surface area (Å²) in [6, 6.07) is 7.91. The van der Waals surface area contributed by atoms with Crippen LogP contribution >= 0.6 is 15.9 Å². The normalized spacial score (nSPS) is 24.4. The van der Waals surface area contributed by atoms with Gasteiger partial charge in [-0.3, -0.25) is 0 Å². The van der Waals surface area contributed by atoms with Crippen LogP contribution in [0.5, 0.6) is 0 Å². The molecule has 1 unspecified atom stereocenters. The second kappa shape index (κ2) is 8.01. The Morgan fingerprint density at radius 3 is 2.70 bits per heavy atom. The van der Waals surface area contributed by atoms with Gasteiger partial charge in [-0.1, -0.05) is 19.1 Å². The average Bonchev–Trinajstić information content (AvgIpc) is 2.46. The number of rotatable bonds is 6. The zero-order valence-electron chi connectivity index (χ0n) is 12.0. The molecule has 1 fully saturated rings. The summed E-state index contributed by atoms with van der Waals surface area (Å²) in [6.07, 6.45) is 4.62. The maximum Gasteiger partial charge on any atom is 0.0945 e. The summed E-state index contributed by atoms with van der Waals surface area (Å²) >= 11 is 3.48. The van der Waals surface area contributed by atoms with Crippen LogP contribution in [0.2, 0.25) is 0 Å². The van der Waals surface area contributed by atoms with Crippen LogP contribution in [0.3, 0.4) is 0 Å². The molecule has 3 nitrogen and oxygen atoms in total. The lowest BCUT2D eigenvalue weighted by Gasteiger charge is -2.27. The second-order valence-electron chi connectivity index (χ2n) is 5.73. The van der Waals surface area contributed by atoms with Crippen molar-refractivity contribution in [1.82, 2.24) is 0 Å². The number of para-hydroxylation sites is 1. The number of aliphatic hydroxyl groups is 1. The van der Waals surface area contributed by atoms with Gasteiger partial charge in [-0.25, -0.2) is 0 Å². The Morgan fingerprint density at radius 1 is 1.30 bits per heavy atom. The Kier molecular flexibility index (Phi) is 6.33. The Balaban J connectivity index is 1.65. The molecule has 0 radical (unpaired) electrons. The van der Waals surface area contributed by atoms with Crippen LogP contribution in [-0.2, 0) is 4.74 Å². The number of nitrogens with one attached hydrogen (secondary N) is 1. The topological polar surface area (TPSA) is 41.5 Å². The maximum atomic E-state index is 9.98. The minimum Gasteiger partial charge on any atom is -0.389 e. The zero-order valence-corrected chi connectivity index (χ0v) is 13.6. The molecule has 0 saturated heterocycles. The number of ether oxygens (including phenoxy) is 1. The van der Waals surface area contributed by atoms with Crippen molar-refractivity contribution in [3.63, 3.8) is 0 Å². The molecule has 20 heavy (non-hydrogen) atoms. The molecule has 1 aromatic rings. The summed E-state index contributed by atoms with van der Waals surface area (Å²) < 4.78 is 6.82. The van der Waals surface area contributed by atoms with Crippen LogP contribution in [0.1, 0.15) is 32.6 Å². The van der Waals surface area contributed by atoms with E-state index in [1.54, 1.807) is 0 Å². The smallest absolute Gasteiger partial charge is 0.0945 e. The molecule has 2 rings (SSSR count). The van der Waals surface area contributed by atoms with Gasteiger partial charge in [-0.2, -0.15) is 0 Å². The first-order chi connectivity index (χ1) is 9.65. The number of hydrogen-bond acceptors (Lipinski definition) is 3. The molecule has 1 aromatic carbocycles. The predicted octanol–water partition coefficient (Wildman–Crippen LogP) is 3.82. The molecular formula is C16H24BrNO2. The van der Waals surface area contributed by atoms with Crippen molar-refractivity contribution < 1.29 is 9.84 Å². The molecule has 4 heteroatoms. The molecule has 1 aliphatic rings. The highest BCUT2D eigenvalue weighted by molar-refractivity contribution is 9.10. The predicted molar refractivity (Wildman–Crippen MR) is 86.0 cm³/mol. The number of aliphatic hydroxyl groups excluding tert-OH is 1. The fourth-order valence-electron chi connectivity index (χ4n) is 2.53. The summed E-state index contributed by atoms with van der Waals surface area (Å²) in [5, 5.41) is 13.2. The van der Waals surface area contributed by atoms with Gasteiger partial charge in [0.25, 0.3) is 0 Å². The largest absolute Gasteiger partial charge is 0.389 e. The van der Waals surface area contributed by atoms with Crippen molar-refractivity contribution in [1.29, 1.82) is 0 Å². The SMILES string of the molecule is CC1CCC(OCC(O)CNc2ccccc2Br)CC1. The van der Waals surface area contributed by atoms with E-state index in [-0.39, 0.29) is 0 Å². The molecule has 0 amide bonds. The Bertz CT molecular complexity index is 405. The third-order valence-corrected chi connectivity index (χ3v) is 4.58. The summed E-state index contributed by atoms with van der Waals surface area (Å²) in [5.41, 5.74) is 0.998. The summed E-state index contributed by atoms with van der Waals surface area (Å²) in [7, 11) is 0. The zero-order chi connectivity index (χ0) is 14.4. The van der Waals surface area contributed by atoms with Gasteiger partial charge in [0.05, 0.1) is 18.8 Å². The van der Waals surface area contributed by atoms with Crippen molar-refractivity contribution in [3.8, 4) is 0 Å². The van der Waals surface area contributed by atoms with E-state index in [2.05, 4.69) is 28.2 Å². The van der Waals surface area contributed by atoms with Crippen molar-refractivity contribution in [3.05, 3.63) is 28.7 Å². The summed E-state index contributed by atoms with van der Waals surface area (Å²) in [6.45, 7) is 3.22. The van der Waals surface area contributed by atoms with Crippen molar-refractivity contribution in [2.24, 2.45) is 5.92 Å². The third-order valence-electron chi connectivity index (χ3n) is 3.89. The standard InChI is InChI=1S/C16H24BrNO2/c1-12-6-8-14(9-7-12)20-11-13(19)10-18-16-5-3-2-4-15(16)17/h2-5,12-14,18-19H,6-11H2,1H3. The van der Waals surface area contributed by atoms with Gasteiger partial charge in [-0.05, 0) is 59.7 Å². The maximum absolute atomic E-state index is 9.98. The molecule has 0 bridgehead atoms. The molecule has 2 N–H and O–H groups in total. The van der Waals surface area contributed by atoms with E-state index in [4.69, 9.17) is 4.74 Å². The van der Waals surface area contributed by atoms with Gasteiger partial charge in [-0.15, -0.1) is 0 Å². The van der Waals surface area contributed by atoms with Crippen LogP contribution in [-0.4, -0.2) is 30.5 Å². The van der Waals surface area contributed by atoms with E-state index < -0.39 is 6.10 Å². The molecule has 0 heterocycles. The highest BCUT2D eigenvalue weighted by atomic mass is 79.9. The lowest BCUT2D eigenvalue weighted by Crippen LogP contribution is -2.29. The number of hydrogen-bond donors (Lipinski definition) is 2. The van der Waals surface area contributed by atoms with Crippen LogP contribution in [0.15, 0.2) is 28.7 Å². The minimum atomic E-state index is -0.471. The molecular weight excluding hydrogens is 318 g/mol. The molecule has 1 aliphatic carbocycles. The van der Waals surface area contributed by atoms with Crippen LogP contribution in [0.4, 0.5) is 5.69 Å². The van der Waals surface area contributed by atoms with Crippen molar-refractivity contribution in [2.45, 2.75) is 44.8 Å². The van der Waals surface area contributed by atoms with E-state index in [1.165, 1.54) is 12.8 Å². The molecule has 1 saturated carbocycles. The quantitative estimate of drug-likeness (QED) is 0.826. The van der Waals surface area contributed by atoms with E-state index in [1.807, 2.05) is 24.3 Å². The van der Waals surface area contributed by atoms with Gasteiger partial charge < -0.3 is 15.2 Å². The van der Waals surface area contributed by atoms with Gasteiger partial charge in [0.1, 0.15) is 0 Å². The second-order valence-corrected chi connectivity index (χ2v) is 6.58. The summed E-state index contributed by atoms with van der Waals surface area (Å²) in [5.74, 6) is 0.830. The molecule has 0 aliphatic heterocycles. The molecule has 1 atom stereocenters. The first kappa shape index (κ1) is 15.8. The highest BCUT2D eigenvalue weighted by Gasteiger charge is 2.19. The lowest BCUT2D eigenvalue weighted by atomic mass is 9.89.